The van der Waals surface area contributed by atoms with Crippen molar-refractivity contribution in [3.63, 3.8) is 0 Å². The Morgan fingerprint density at radius 2 is 1.81 bits per heavy atom. The van der Waals surface area contributed by atoms with Crippen molar-refractivity contribution >= 4 is 9.84 Å². The first-order valence-corrected chi connectivity index (χ1v) is 7.94. The fraction of sp³-hybridized carbons (Fsp3) is 1.00. The summed E-state index contributed by atoms with van der Waals surface area (Å²) < 4.78 is 22.7. The summed E-state index contributed by atoms with van der Waals surface area (Å²) in [4.78, 5) is 0. The molecule has 0 heterocycles. The fourth-order valence-corrected chi connectivity index (χ4v) is 2.36. The minimum absolute atomic E-state index is 0.174. The lowest BCUT2D eigenvalue weighted by atomic mass is 9.88. The van der Waals surface area contributed by atoms with Crippen molar-refractivity contribution < 1.29 is 8.42 Å². The molecule has 0 saturated heterocycles. The molecule has 0 aliphatic heterocycles. The Hall–Kier alpha value is -0.0900. The topological polar surface area (TPSA) is 46.2 Å². The Kier molecular flexibility index (Phi) is 6.56. The molecule has 0 aromatic carbocycles. The Labute approximate surface area is 101 Å². The number of rotatable bonds is 8. The van der Waals surface area contributed by atoms with Gasteiger partial charge in [0.15, 0.2) is 0 Å². The van der Waals surface area contributed by atoms with Crippen LogP contribution in [0.15, 0.2) is 0 Å². The summed E-state index contributed by atoms with van der Waals surface area (Å²) in [6, 6.07) is 0.485. The summed E-state index contributed by atoms with van der Waals surface area (Å²) in [6.07, 6.45) is 1.72. The van der Waals surface area contributed by atoms with Crippen LogP contribution in [0.3, 0.4) is 0 Å². The first-order chi connectivity index (χ1) is 7.18. The maximum Gasteiger partial charge on any atom is 0.150 e. The van der Waals surface area contributed by atoms with Gasteiger partial charge in [0.2, 0.25) is 0 Å². The van der Waals surface area contributed by atoms with Gasteiger partial charge in [-0.3, -0.25) is 0 Å². The molecule has 4 heteroatoms. The van der Waals surface area contributed by atoms with Gasteiger partial charge in [-0.1, -0.05) is 34.6 Å². The van der Waals surface area contributed by atoms with Crippen molar-refractivity contribution in [2.45, 2.75) is 53.5 Å². The summed E-state index contributed by atoms with van der Waals surface area (Å²) in [5.41, 5.74) is 0.174. The summed E-state index contributed by atoms with van der Waals surface area (Å²) >= 11 is 0. The zero-order chi connectivity index (χ0) is 12.8. The predicted octanol–water partition coefficient (Wildman–Crippen LogP) is 2.23. The van der Waals surface area contributed by atoms with E-state index in [1.165, 1.54) is 0 Å². The van der Waals surface area contributed by atoms with Crippen LogP contribution < -0.4 is 5.32 Å². The molecule has 0 amide bonds. The van der Waals surface area contributed by atoms with E-state index in [1.54, 1.807) is 6.92 Å². The van der Waals surface area contributed by atoms with Gasteiger partial charge in [0.25, 0.3) is 0 Å². The van der Waals surface area contributed by atoms with Crippen molar-refractivity contribution in [3.05, 3.63) is 0 Å². The molecular weight excluding hydrogens is 222 g/mol. The second-order valence-corrected chi connectivity index (χ2v) is 8.01. The van der Waals surface area contributed by atoms with E-state index in [0.29, 0.717) is 11.8 Å². The smallest absolute Gasteiger partial charge is 0.150 e. The monoisotopic (exact) mass is 249 g/mol. The molecule has 0 bridgehead atoms. The number of hydrogen-bond acceptors (Lipinski definition) is 3. The standard InChI is InChI=1S/C12H27NO2S/c1-6-16(14,15)9-7-8-12(4,5)10-13-11(2)3/h11,13H,6-10H2,1-5H3. The first kappa shape index (κ1) is 15.9. The molecule has 0 unspecified atom stereocenters. The van der Waals surface area contributed by atoms with Gasteiger partial charge in [0.1, 0.15) is 9.84 Å². The van der Waals surface area contributed by atoms with E-state index in [0.717, 1.165) is 19.4 Å². The third-order valence-corrected chi connectivity index (χ3v) is 4.53. The molecule has 0 saturated carbocycles. The number of sulfone groups is 1. The van der Waals surface area contributed by atoms with Crippen LogP contribution in [-0.2, 0) is 9.84 Å². The molecule has 0 spiro atoms. The summed E-state index contributed by atoms with van der Waals surface area (Å²) in [6.45, 7) is 11.3. The zero-order valence-electron chi connectivity index (χ0n) is 11.3. The van der Waals surface area contributed by atoms with E-state index in [9.17, 15) is 8.42 Å². The highest BCUT2D eigenvalue weighted by molar-refractivity contribution is 7.91. The van der Waals surface area contributed by atoms with Crippen LogP contribution in [0.2, 0.25) is 0 Å². The van der Waals surface area contributed by atoms with E-state index in [-0.39, 0.29) is 11.2 Å². The Bertz CT molecular complexity index is 281. The highest BCUT2D eigenvalue weighted by Gasteiger charge is 2.19. The lowest BCUT2D eigenvalue weighted by Gasteiger charge is -2.26. The third-order valence-electron chi connectivity index (χ3n) is 2.74. The molecule has 0 aromatic rings. The van der Waals surface area contributed by atoms with Gasteiger partial charge in [-0.25, -0.2) is 8.42 Å². The first-order valence-electron chi connectivity index (χ1n) is 6.12. The lowest BCUT2D eigenvalue weighted by Crippen LogP contribution is -2.34. The van der Waals surface area contributed by atoms with Crippen LogP contribution in [0.4, 0.5) is 0 Å². The van der Waals surface area contributed by atoms with Gasteiger partial charge in [-0.05, 0) is 18.3 Å². The average molecular weight is 249 g/mol. The van der Waals surface area contributed by atoms with Crippen molar-refractivity contribution in [2.75, 3.05) is 18.1 Å². The molecule has 0 aliphatic rings. The Morgan fingerprint density at radius 3 is 2.25 bits per heavy atom. The maximum absolute atomic E-state index is 11.3. The molecule has 3 nitrogen and oxygen atoms in total. The van der Waals surface area contributed by atoms with Gasteiger partial charge < -0.3 is 5.32 Å². The quantitative estimate of drug-likeness (QED) is 0.717. The molecule has 0 aromatic heterocycles. The maximum atomic E-state index is 11.3. The second-order valence-electron chi connectivity index (χ2n) is 5.54. The van der Waals surface area contributed by atoms with Crippen LogP contribution in [0, 0.1) is 5.41 Å². The molecule has 0 fully saturated rings. The van der Waals surface area contributed by atoms with E-state index < -0.39 is 9.84 Å². The van der Waals surface area contributed by atoms with Crippen molar-refractivity contribution in [1.29, 1.82) is 0 Å². The van der Waals surface area contributed by atoms with Gasteiger partial charge >= 0.3 is 0 Å². The molecule has 1 N–H and O–H groups in total. The zero-order valence-corrected chi connectivity index (χ0v) is 12.2. The fourth-order valence-electron chi connectivity index (χ4n) is 1.48. The summed E-state index contributed by atoms with van der Waals surface area (Å²) in [5.74, 6) is 0.590. The van der Waals surface area contributed by atoms with Crippen LogP contribution in [-0.4, -0.2) is 32.5 Å². The van der Waals surface area contributed by atoms with Gasteiger partial charge in [0.05, 0.1) is 5.75 Å². The van der Waals surface area contributed by atoms with E-state index >= 15 is 0 Å². The molecular formula is C12H27NO2S. The van der Waals surface area contributed by atoms with Gasteiger partial charge in [0, 0.05) is 18.3 Å². The second kappa shape index (κ2) is 6.60. The van der Waals surface area contributed by atoms with Gasteiger partial charge in [-0.15, -0.1) is 0 Å². The van der Waals surface area contributed by atoms with Crippen LogP contribution >= 0.6 is 0 Å². The van der Waals surface area contributed by atoms with Crippen LogP contribution in [0.25, 0.3) is 0 Å². The lowest BCUT2D eigenvalue weighted by molar-refractivity contribution is 0.301. The molecule has 98 valence electrons. The summed E-state index contributed by atoms with van der Waals surface area (Å²) in [5, 5.41) is 3.40. The normalized spacial score (nSPS) is 13.4. The van der Waals surface area contributed by atoms with Gasteiger partial charge in [-0.2, -0.15) is 0 Å². The number of nitrogens with one attached hydrogen (secondary N) is 1. The highest BCUT2D eigenvalue weighted by atomic mass is 32.2. The predicted molar refractivity (Wildman–Crippen MR) is 70.5 cm³/mol. The largest absolute Gasteiger partial charge is 0.314 e. The van der Waals surface area contributed by atoms with Crippen molar-refractivity contribution in [1.82, 2.24) is 5.32 Å². The molecule has 16 heavy (non-hydrogen) atoms. The van der Waals surface area contributed by atoms with Crippen LogP contribution in [0.5, 0.6) is 0 Å². The highest BCUT2D eigenvalue weighted by Crippen LogP contribution is 2.21. The van der Waals surface area contributed by atoms with E-state index in [4.69, 9.17) is 0 Å². The minimum Gasteiger partial charge on any atom is -0.314 e. The summed E-state index contributed by atoms with van der Waals surface area (Å²) in [7, 11) is -2.79. The molecule has 0 atom stereocenters. The van der Waals surface area contributed by atoms with E-state index in [1.807, 2.05) is 0 Å². The third kappa shape index (κ3) is 8.11. The minimum atomic E-state index is -2.79. The average Bonchev–Trinajstić information content (AvgIpc) is 2.14. The van der Waals surface area contributed by atoms with E-state index in [2.05, 4.69) is 33.0 Å². The molecule has 0 rings (SSSR count). The van der Waals surface area contributed by atoms with Crippen LogP contribution in [0.1, 0.15) is 47.5 Å². The Balaban J connectivity index is 3.91. The Morgan fingerprint density at radius 1 is 1.25 bits per heavy atom. The SMILES string of the molecule is CCS(=O)(=O)CCCC(C)(C)CNC(C)C. The molecule has 0 radical (unpaired) electrons. The van der Waals surface area contributed by atoms with Crippen molar-refractivity contribution in [3.8, 4) is 0 Å². The van der Waals surface area contributed by atoms with Crippen molar-refractivity contribution in [2.24, 2.45) is 5.41 Å². The molecule has 0 aliphatic carbocycles. The number of hydrogen-bond donors (Lipinski definition) is 1.